The number of rotatable bonds is 4. The van der Waals surface area contributed by atoms with E-state index in [9.17, 15) is 10.2 Å². The summed E-state index contributed by atoms with van der Waals surface area (Å²) in [5.41, 5.74) is 3.11. The first kappa shape index (κ1) is 21.4. The van der Waals surface area contributed by atoms with E-state index >= 15 is 0 Å². The summed E-state index contributed by atoms with van der Waals surface area (Å²) in [6.07, 6.45) is 15.2. The molecule has 0 aliphatic heterocycles. The van der Waals surface area contributed by atoms with Crippen molar-refractivity contribution in [2.45, 2.75) is 96.2 Å². The van der Waals surface area contributed by atoms with Crippen LogP contribution in [0.25, 0.3) is 0 Å². The quantitative estimate of drug-likeness (QED) is 0.545. The SMILES string of the molecule is C[C@]12CCCC3[C@H]4[C@@H](CC=C5C[C@@H](O)CC[C@]534)[C@@H]1CC[C@@H]2[C@@](C)(O)CCc1ccccc1. The first-order valence-electron chi connectivity index (χ1n) is 13.5. The third-order valence-corrected chi connectivity index (χ3v) is 11.3. The van der Waals surface area contributed by atoms with Crippen molar-refractivity contribution in [2.24, 2.45) is 40.4 Å². The number of hydrogen-bond acceptors (Lipinski definition) is 2. The number of hydrogen-bond donors (Lipinski definition) is 2. The minimum atomic E-state index is -0.593. The van der Waals surface area contributed by atoms with Gasteiger partial charge in [-0.05, 0) is 117 Å². The molecule has 1 spiro atoms. The molecule has 4 saturated carbocycles. The van der Waals surface area contributed by atoms with E-state index in [2.05, 4.69) is 50.3 Å². The molecule has 0 saturated heterocycles. The monoisotopic (exact) mass is 434 g/mol. The van der Waals surface area contributed by atoms with E-state index in [0.29, 0.717) is 11.3 Å². The molecule has 2 N–H and O–H groups in total. The van der Waals surface area contributed by atoms with Crippen LogP contribution in [0.1, 0.15) is 83.6 Å². The molecule has 1 unspecified atom stereocenters. The topological polar surface area (TPSA) is 40.5 Å². The number of aliphatic hydroxyl groups excluding tert-OH is 1. The fourth-order valence-electron chi connectivity index (χ4n) is 9.96. The Morgan fingerprint density at radius 2 is 1.84 bits per heavy atom. The molecule has 2 nitrogen and oxygen atoms in total. The molecule has 174 valence electrons. The average Bonchev–Trinajstić information content (AvgIpc) is 3.28. The van der Waals surface area contributed by atoms with Crippen LogP contribution < -0.4 is 0 Å². The standard InChI is InChI=1S/C30H42O2/c1-28-16-6-9-25-27-23(11-10-21-19-22(31)15-18-30(21,25)27)24(28)12-13-26(28)29(2,32)17-14-20-7-4-3-5-8-20/h3-5,7-8,10,22-27,31-32H,6,9,11-19H2,1-2H3/t22-,23-,24-,25?,26-,27+,28-,29-,30-/m0/s1. The minimum absolute atomic E-state index is 0.101. The Labute approximate surface area is 194 Å². The van der Waals surface area contributed by atoms with Gasteiger partial charge in [-0.3, -0.25) is 0 Å². The molecular formula is C30H42O2. The van der Waals surface area contributed by atoms with Gasteiger partial charge in [0.2, 0.25) is 0 Å². The zero-order valence-electron chi connectivity index (χ0n) is 20.1. The highest BCUT2D eigenvalue weighted by atomic mass is 16.3. The van der Waals surface area contributed by atoms with Crippen molar-refractivity contribution in [1.82, 2.24) is 0 Å². The lowest BCUT2D eigenvalue weighted by atomic mass is 9.58. The van der Waals surface area contributed by atoms with Crippen LogP contribution in [0.5, 0.6) is 0 Å². The minimum Gasteiger partial charge on any atom is -0.393 e. The maximum Gasteiger partial charge on any atom is 0.0656 e. The Morgan fingerprint density at radius 1 is 1.03 bits per heavy atom. The van der Waals surface area contributed by atoms with E-state index in [4.69, 9.17) is 0 Å². The lowest BCUT2D eigenvalue weighted by Gasteiger charge is -2.48. The van der Waals surface area contributed by atoms with Crippen LogP contribution in [-0.2, 0) is 6.42 Å². The Balaban J connectivity index is 1.25. The molecule has 0 heterocycles. The molecular weight excluding hydrogens is 392 g/mol. The van der Waals surface area contributed by atoms with Crippen molar-refractivity contribution < 1.29 is 10.2 Å². The Hall–Kier alpha value is -1.12. The highest BCUT2D eigenvalue weighted by molar-refractivity contribution is 5.36. The van der Waals surface area contributed by atoms with Crippen molar-refractivity contribution in [1.29, 1.82) is 0 Å². The Kier molecular flexibility index (Phi) is 4.98. The zero-order chi connectivity index (χ0) is 22.1. The number of aliphatic hydroxyl groups is 2. The van der Waals surface area contributed by atoms with E-state index in [1.54, 1.807) is 5.57 Å². The van der Waals surface area contributed by atoms with Gasteiger partial charge < -0.3 is 10.2 Å². The molecule has 5 aliphatic carbocycles. The van der Waals surface area contributed by atoms with Gasteiger partial charge >= 0.3 is 0 Å². The summed E-state index contributed by atoms with van der Waals surface area (Å²) in [5.74, 6) is 3.73. The summed E-state index contributed by atoms with van der Waals surface area (Å²) in [5, 5.41) is 22.1. The van der Waals surface area contributed by atoms with Gasteiger partial charge in [-0.2, -0.15) is 0 Å². The van der Waals surface area contributed by atoms with Gasteiger partial charge in [0.05, 0.1) is 11.7 Å². The van der Waals surface area contributed by atoms with Gasteiger partial charge in [-0.25, -0.2) is 0 Å². The predicted molar refractivity (Wildman–Crippen MR) is 129 cm³/mol. The molecule has 0 bridgehead atoms. The second kappa shape index (κ2) is 7.44. The summed E-state index contributed by atoms with van der Waals surface area (Å²) in [6.45, 7) is 4.71. The van der Waals surface area contributed by atoms with Crippen LogP contribution in [0.2, 0.25) is 0 Å². The van der Waals surface area contributed by atoms with E-state index in [-0.39, 0.29) is 11.5 Å². The van der Waals surface area contributed by atoms with Gasteiger partial charge in [-0.1, -0.05) is 55.3 Å². The largest absolute Gasteiger partial charge is 0.393 e. The smallest absolute Gasteiger partial charge is 0.0656 e. The molecule has 32 heavy (non-hydrogen) atoms. The molecule has 9 atom stereocenters. The number of aryl methyl sites for hydroxylation is 1. The summed E-state index contributed by atoms with van der Waals surface area (Å²) < 4.78 is 0. The molecule has 0 amide bonds. The number of fused-ring (bicyclic) bond motifs is 2. The molecule has 1 aromatic rings. The fraction of sp³-hybridized carbons (Fsp3) is 0.733. The van der Waals surface area contributed by atoms with E-state index < -0.39 is 5.60 Å². The molecule has 2 heteroatoms. The summed E-state index contributed by atoms with van der Waals surface area (Å²) in [4.78, 5) is 0. The maximum atomic E-state index is 11.8. The fourth-order valence-corrected chi connectivity index (χ4v) is 9.96. The molecule has 6 rings (SSSR count). The normalized spacial score (nSPS) is 46.6. The summed E-state index contributed by atoms with van der Waals surface area (Å²) >= 11 is 0. The van der Waals surface area contributed by atoms with Crippen LogP contribution in [0.3, 0.4) is 0 Å². The van der Waals surface area contributed by atoms with Gasteiger partial charge in [0.1, 0.15) is 0 Å². The third kappa shape index (κ3) is 3.04. The van der Waals surface area contributed by atoms with E-state index in [1.807, 2.05) is 0 Å². The van der Waals surface area contributed by atoms with Gasteiger partial charge in [0, 0.05) is 0 Å². The van der Waals surface area contributed by atoms with Crippen LogP contribution in [0.4, 0.5) is 0 Å². The lowest BCUT2D eigenvalue weighted by Crippen LogP contribution is -2.46. The average molecular weight is 435 g/mol. The molecule has 5 aliphatic rings. The molecule has 4 fully saturated rings. The first-order valence-corrected chi connectivity index (χ1v) is 13.5. The highest BCUT2D eigenvalue weighted by Gasteiger charge is 2.72. The van der Waals surface area contributed by atoms with Gasteiger partial charge in [0.25, 0.3) is 0 Å². The number of benzene rings is 1. The first-order chi connectivity index (χ1) is 15.4. The molecule has 0 radical (unpaired) electrons. The highest BCUT2D eigenvalue weighted by Crippen LogP contribution is 2.78. The maximum absolute atomic E-state index is 11.8. The van der Waals surface area contributed by atoms with Crippen LogP contribution in [-0.4, -0.2) is 21.9 Å². The van der Waals surface area contributed by atoms with Crippen molar-refractivity contribution in [3.8, 4) is 0 Å². The molecule has 1 aromatic carbocycles. The Morgan fingerprint density at radius 3 is 2.66 bits per heavy atom. The summed E-state index contributed by atoms with van der Waals surface area (Å²) in [7, 11) is 0. The van der Waals surface area contributed by atoms with Crippen molar-refractivity contribution in [3.63, 3.8) is 0 Å². The molecule has 0 aromatic heterocycles. The lowest BCUT2D eigenvalue weighted by molar-refractivity contribution is -0.0736. The van der Waals surface area contributed by atoms with Crippen LogP contribution in [0, 0.1) is 40.4 Å². The van der Waals surface area contributed by atoms with E-state index in [0.717, 1.165) is 49.4 Å². The van der Waals surface area contributed by atoms with Crippen LogP contribution in [0.15, 0.2) is 42.0 Å². The van der Waals surface area contributed by atoms with Crippen molar-refractivity contribution in [2.75, 3.05) is 0 Å². The van der Waals surface area contributed by atoms with Gasteiger partial charge in [-0.15, -0.1) is 0 Å². The van der Waals surface area contributed by atoms with Crippen molar-refractivity contribution in [3.05, 3.63) is 47.5 Å². The zero-order valence-corrected chi connectivity index (χ0v) is 20.1. The second-order valence-electron chi connectivity index (χ2n) is 12.7. The van der Waals surface area contributed by atoms with Gasteiger partial charge in [0.15, 0.2) is 0 Å². The van der Waals surface area contributed by atoms with Crippen molar-refractivity contribution >= 4 is 0 Å². The Bertz CT molecular complexity index is 887. The third-order valence-electron chi connectivity index (χ3n) is 11.3. The van der Waals surface area contributed by atoms with Crippen LogP contribution >= 0.6 is 0 Å². The predicted octanol–water partition coefficient (Wildman–Crippen LogP) is 6.31. The number of allylic oxidation sites excluding steroid dienone is 1. The van der Waals surface area contributed by atoms with E-state index in [1.165, 1.54) is 50.5 Å². The summed E-state index contributed by atoms with van der Waals surface area (Å²) in [6, 6.07) is 10.7. The second-order valence-corrected chi connectivity index (χ2v) is 12.7.